The Morgan fingerprint density at radius 3 is 2.25 bits per heavy atom. The van der Waals surface area contributed by atoms with E-state index in [-0.39, 0.29) is 10.6 Å². The number of methoxy groups -OCH3 is 2. The lowest BCUT2D eigenvalue weighted by molar-refractivity contribution is -0.116. The number of carbonyl (C=O) groups is 2. The van der Waals surface area contributed by atoms with Gasteiger partial charge in [-0.3, -0.25) is 15.4 Å². The molecule has 0 aromatic carbocycles. The molecule has 1 heterocycles. The summed E-state index contributed by atoms with van der Waals surface area (Å²) in [6.07, 6.45) is 6.14. The fourth-order valence-electron chi connectivity index (χ4n) is 1.31. The second kappa shape index (κ2) is 7.25. The Balaban J connectivity index is 3.04. The molecule has 1 aliphatic heterocycles. The average Bonchev–Trinajstić information content (AvgIpc) is 2.41. The first-order valence-electron chi connectivity index (χ1n) is 5.52. The number of amides is 3. The van der Waals surface area contributed by atoms with Gasteiger partial charge in [-0.1, -0.05) is 18.8 Å². The molecule has 1 saturated heterocycles. The third kappa shape index (κ3) is 4.06. The molecule has 0 atom stereocenters. The van der Waals surface area contributed by atoms with Crippen LogP contribution in [-0.2, 0) is 14.3 Å². The first-order valence-corrected chi connectivity index (χ1v) is 5.93. The Kier molecular flexibility index (Phi) is 5.67. The molecular formula is C13H14N2O4S. The van der Waals surface area contributed by atoms with Gasteiger partial charge in [0.1, 0.15) is 16.5 Å². The van der Waals surface area contributed by atoms with Crippen LogP contribution in [0.5, 0.6) is 0 Å². The summed E-state index contributed by atoms with van der Waals surface area (Å²) in [7, 11) is 2.95. The maximum atomic E-state index is 11.7. The van der Waals surface area contributed by atoms with Gasteiger partial charge in [-0.25, -0.2) is 4.79 Å². The highest BCUT2D eigenvalue weighted by molar-refractivity contribution is 7.81. The van der Waals surface area contributed by atoms with Gasteiger partial charge in [-0.15, -0.1) is 0 Å². The number of hydrogen-bond donors (Lipinski definition) is 2. The van der Waals surface area contributed by atoms with Crippen LogP contribution in [0.3, 0.4) is 0 Å². The molecule has 6 nitrogen and oxygen atoms in total. The number of urea groups is 1. The molecule has 3 amide bonds. The van der Waals surface area contributed by atoms with Gasteiger partial charge in [0.15, 0.2) is 0 Å². The molecule has 0 unspecified atom stereocenters. The lowest BCUT2D eigenvalue weighted by atomic mass is 10.1. The Labute approximate surface area is 121 Å². The summed E-state index contributed by atoms with van der Waals surface area (Å²) in [5.41, 5.74) is 0.138. The Bertz CT molecular complexity index is 525. The molecule has 0 bridgehead atoms. The van der Waals surface area contributed by atoms with E-state index < -0.39 is 11.9 Å². The van der Waals surface area contributed by atoms with Crippen molar-refractivity contribution in [2.75, 3.05) is 14.2 Å². The van der Waals surface area contributed by atoms with Crippen LogP contribution in [0.4, 0.5) is 4.79 Å². The zero-order valence-corrected chi connectivity index (χ0v) is 11.9. The van der Waals surface area contributed by atoms with Crippen LogP contribution in [0.25, 0.3) is 0 Å². The number of hydrogen-bond acceptors (Lipinski definition) is 5. The van der Waals surface area contributed by atoms with Crippen molar-refractivity contribution in [2.45, 2.75) is 0 Å². The Morgan fingerprint density at radius 1 is 1.15 bits per heavy atom. The molecule has 20 heavy (non-hydrogen) atoms. The van der Waals surface area contributed by atoms with E-state index >= 15 is 0 Å². The van der Waals surface area contributed by atoms with Crippen LogP contribution in [0.1, 0.15) is 0 Å². The lowest BCUT2D eigenvalue weighted by Gasteiger charge is -2.16. The van der Waals surface area contributed by atoms with Crippen molar-refractivity contribution in [2.24, 2.45) is 0 Å². The molecule has 7 heteroatoms. The van der Waals surface area contributed by atoms with Gasteiger partial charge in [0.2, 0.25) is 0 Å². The number of imide groups is 1. The highest BCUT2D eigenvalue weighted by Crippen LogP contribution is 2.09. The molecule has 0 spiro atoms. The molecule has 0 aromatic rings. The molecule has 1 aliphatic rings. The van der Waals surface area contributed by atoms with E-state index in [0.717, 1.165) is 0 Å². The lowest BCUT2D eigenvalue weighted by Crippen LogP contribution is -2.50. The fourth-order valence-corrected chi connectivity index (χ4v) is 1.55. The summed E-state index contributed by atoms with van der Waals surface area (Å²) in [4.78, 5) is 22.7. The third-order valence-corrected chi connectivity index (χ3v) is 2.64. The number of allylic oxidation sites excluding steroid dienone is 4. The maximum Gasteiger partial charge on any atom is 0.326 e. The second-order valence-corrected chi connectivity index (χ2v) is 3.95. The molecule has 2 N–H and O–H groups in total. The van der Waals surface area contributed by atoms with Crippen molar-refractivity contribution in [1.29, 1.82) is 0 Å². The standard InChI is InChI=1S/C13H14N2O4S/c1-4-8(18-2)5-6-9(19-3)7-10-11(16)14-13(17)15-12(10)20/h4-7H,1H2,2-3H3,(H2,14,15,16,17,20). The number of rotatable bonds is 5. The van der Waals surface area contributed by atoms with E-state index in [4.69, 9.17) is 21.7 Å². The van der Waals surface area contributed by atoms with Crippen molar-refractivity contribution in [3.8, 4) is 0 Å². The minimum Gasteiger partial charge on any atom is -0.497 e. The van der Waals surface area contributed by atoms with Gasteiger partial charge in [0.25, 0.3) is 5.91 Å². The Morgan fingerprint density at radius 2 is 1.75 bits per heavy atom. The smallest absolute Gasteiger partial charge is 0.326 e. The SMILES string of the molecule is C=CC(=CC=C(C=C1C(=O)NC(=O)NC1=S)OC)OC. The summed E-state index contributed by atoms with van der Waals surface area (Å²) in [5.74, 6) is 0.313. The quantitative estimate of drug-likeness (QED) is 0.346. The predicted octanol–water partition coefficient (Wildman–Crippen LogP) is 1.33. The molecule has 1 rings (SSSR count). The molecule has 0 radical (unpaired) electrons. The summed E-state index contributed by atoms with van der Waals surface area (Å²) in [5, 5.41) is 4.42. The fraction of sp³-hybridized carbons (Fsp3) is 0.154. The van der Waals surface area contributed by atoms with Crippen molar-refractivity contribution in [3.63, 3.8) is 0 Å². The monoisotopic (exact) mass is 294 g/mol. The zero-order chi connectivity index (χ0) is 15.1. The van der Waals surface area contributed by atoms with E-state index in [1.54, 1.807) is 12.2 Å². The van der Waals surface area contributed by atoms with Crippen LogP contribution in [0.2, 0.25) is 0 Å². The van der Waals surface area contributed by atoms with Crippen molar-refractivity contribution >= 4 is 29.1 Å². The van der Waals surface area contributed by atoms with Gasteiger partial charge >= 0.3 is 6.03 Å². The van der Waals surface area contributed by atoms with Crippen molar-refractivity contribution in [3.05, 3.63) is 48.0 Å². The highest BCUT2D eigenvalue weighted by Gasteiger charge is 2.24. The molecule has 1 fully saturated rings. The van der Waals surface area contributed by atoms with Crippen LogP contribution < -0.4 is 10.6 Å². The molecular weight excluding hydrogens is 280 g/mol. The normalized spacial score (nSPS) is 18.5. The zero-order valence-electron chi connectivity index (χ0n) is 11.1. The summed E-state index contributed by atoms with van der Waals surface area (Å²) < 4.78 is 10.1. The van der Waals surface area contributed by atoms with E-state index in [2.05, 4.69) is 17.2 Å². The third-order valence-electron chi connectivity index (χ3n) is 2.31. The highest BCUT2D eigenvalue weighted by atomic mass is 32.1. The molecule has 0 aliphatic carbocycles. The van der Waals surface area contributed by atoms with E-state index in [1.807, 2.05) is 0 Å². The number of ether oxygens (including phenoxy) is 2. The molecule has 106 valence electrons. The van der Waals surface area contributed by atoms with Gasteiger partial charge in [-0.2, -0.15) is 0 Å². The minimum absolute atomic E-state index is 0.0429. The van der Waals surface area contributed by atoms with Gasteiger partial charge in [0.05, 0.1) is 19.8 Å². The molecule has 0 aromatic heterocycles. The van der Waals surface area contributed by atoms with E-state index in [9.17, 15) is 9.59 Å². The maximum absolute atomic E-state index is 11.7. The van der Waals surface area contributed by atoms with Crippen LogP contribution in [0, 0.1) is 0 Å². The van der Waals surface area contributed by atoms with Crippen LogP contribution in [-0.4, -0.2) is 31.1 Å². The predicted molar refractivity (Wildman–Crippen MR) is 77.7 cm³/mol. The summed E-state index contributed by atoms with van der Waals surface area (Å²) in [6.45, 7) is 3.57. The van der Waals surface area contributed by atoms with Crippen LogP contribution >= 0.6 is 12.2 Å². The van der Waals surface area contributed by atoms with Gasteiger partial charge in [-0.05, 0) is 24.3 Å². The van der Waals surface area contributed by atoms with E-state index in [1.165, 1.54) is 26.4 Å². The van der Waals surface area contributed by atoms with Gasteiger partial charge < -0.3 is 9.47 Å². The first-order chi connectivity index (χ1) is 9.51. The summed E-state index contributed by atoms with van der Waals surface area (Å²) >= 11 is 4.93. The minimum atomic E-state index is -0.645. The van der Waals surface area contributed by atoms with Crippen molar-refractivity contribution < 1.29 is 19.1 Å². The molecule has 0 saturated carbocycles. The van der Waals surface area contributed by atoms with Gasteiger partial charge in [0, 0.05) is 0 Å². The summed E-state index contributed by atoms with van der Waals surface area (Å²) in [6, 6.07) is -0.645. The second-order valence-electron chi connectivity index (χ2n) is 3.55. The Hall–Kier alpha value is -2.41. The van der Waals surface area contributed by atoms with Crippen molar-refractivity contribution in [1.82, 2.24) is 10.6 Å². The van der Waals surface area contributed by atoms with Crippen LogP contribution in [0.15, 0.2) is 48.0 Å². The first kappa shape index (κ1) is 15.6. The van der Waals surface area contributed by atoms with E-state index in [0.29, 0.717) is 11.5 Å². The average molecular weight is 294 g/mol. The largest absolute Gasteiger partial charge is 0.497 e. The number of carbonyl (C=O) groups excluding carboxylic acids is 2. The topological polar surface area (TPSA) is 76.7 Å². The number of nitrogens with one attached hydrogen (secondary N) is 2. The number of thiocarbonyl (C=S) groups is 1.